The van der Waals surface area contributed by atoms with Crippen LogP contribution in [0.3, 0.4) is 0 Å². The van der Waals surface area contributed by atoms with E-state index in [2.05, 4.69) is 30.9 Å². The zero-order valence-corrected chi connectivity index (χ0v) is 19.8. The monoisotopic (exact) mass is 454 g/mol. The minimum Gasteiger partial charge on any atom is -0.441 e. The SMILES string of the molecule is CC#C[C@]1(O)CC[C@H]2[C@@H]3CCC4=CC(=O)CCC4=C3[C@@H](c3ccc4c(c3)OC3(C=C3)O4)C[C@@]21C. The Morgan fingerprint density at radius 3 is 2.71 bits per heavy atom. The summed E-state index contributed by atoms with van der Waals surface area (Å²) in [7, 11) is 0. The molecule has 1 aromatic carbocycles. The van der Waals surface area contributed by atoms with Crippen LogP contribution in [0.1, 0.15) is 70.3 Å². The highest BCUT2D eigenvalue weighted by Crippen LogP contribution is 2.67. The molecule has 0 aromatic heterocycles. The van der Waals surface area contributed by atoms with Crippen LogP contribution < -0.4 is 9.47 Å². The summed E-state index contributed by atoms with van der Waals surface area (Å²) in [6.45, 7) is 4.11. The highest BCUT2D eigenvalue weighted by molar-refractivity contribution is 5.93. The van der Waals surface area contributed by atoms with E-state index in [4.69, 9.17) is 9.47 Å². The topological polar surface area (TPSA) is 55.8 Å². The quantitative estimate of drug-likeness (QED) is 0.457. The van der Waals surface area contributed by atoms with E-state index < -0.39 is 11.4 Å². The van der Waals surface area contributed by atoms with Crippen molar-refractivity contribution in [1.82, 2.24) is 0 Å². The largest absolute Gasteiger partial charge is 0.441 e. The van der Waals surface area contributed by atoms with Gasteiger partial charge >= 0.3 is 0 Å². The Hall–Kier alpha value is -2.77. The van der Waals surface area contributed by atoms with Gasteiger partial charge in [0.15, 0.2) is 17.3 Å². The fraction of sp³-hybridized carbons (Fsp3) is 0.500. The molecule has 1 aliphatic heterocycles. The number of ketones is 1. The predicted molar refractivity (Wildman–Crippen MR) is 128 cm³/mol. The summed E-state index contributed by atoms with van der Waals surface area (Å²) in [6, 6.07) is 6.35. The van der Waals surface area contributed by atoms with Gasteiger partial charge in [0.2, 0.25) is 0 Å². The number of benzene rings is 1. The molecule has 5 atom stereocenters. The first kappa shape index (κ1) is 20.6. The molecule has 0 bridgehead atoms. The van der Waals surface area contributed by atoms with Crippen LogP contribution in [-0.2, 0) is 4.79 Å². The van der Waals surface area contributed by atoms with E-state index in [0.29, 0.717) is 18.3 Å². The van der Waals surface area contributed by atoms with Crippen molar-refractivity contribution >= 4 is 5.78 Å². The highest BCUT2D eigenvalue weighted by atomic mass is 16.7. The Morgan fingerprint density at radius 2 is 1.91 bits per heavy atom. The summed E-state index contributed by atoms with van der Waals surface area (Å²) >= 11 is 0. The molecule has 2 fully saturated rings. The fourth-order valence-electron chi connectivity index (χ4n) is 7.85. The van der Waals surface area contributed by atoms with E-state index in [0.717, 1.165) is 50.0 Å². The van der Waals surface area contributed by atoms with Crippen LogP contribution in [0.15, 0.2) is 53.1 Å². The molecule has 1 heterocycles. The molecule has 0 unspecified atom stereocenters. The average molecular weight is 455 g/mol. The molecule has 7 rings (SSSR count). The van der Waals surface area contributed by atoms with Crippen molar-refractivity contribution in [3.8, 4) is 23.3 Å². The molecule has 5 aliphatic carbocycles. The Balaban J connectivity index is 1.39. The standard InChI is InChI=1S/C30H30O4/c1-3-11-29(32)12-10-24-22-7-4-18-15-20(31)6-8-21(18)27(22)23(17-28(24,29)2)19-5-9-25-26(16-19)34-30(33-25)13-14-30/h5,9,13-16,22-24,32H,4,6-8,10,12,17H2,1-2H3/t22-,23+,24-,28-,29-/m0/s1. The Kier molecular flexibility index (Phi) is 4.04. The summed E-state index contributed by atoms with van der Waals surface area (Å²) in [5, 5.41) is 11.8. The van der Waals surface area contributed by atoms with Gasteiger partial charge in [0.1, 0.15) is 5.60 Å². The maximum Gasteiger partial charge on any atom is 0.292 e. The maximum absolute atomic E-state index is 12.2. The summed E-state index contributed by atoms with van der Waals surface area (Å²) in [5.41, 5.74) is 4.15. The first-order valence-corrected chi connectivity index (χ1v) is 12.7. The molecule has 34 heavy (non-hydrogen) atoms. The lowest BCUT2D eigenvalue weighted by Gasteiger charge is -2.53. The molecular weight excluding hydrogens is 424 g/mol. The molecular formula is C30H30O4. The second-order valence-electron chi connectivity index (χ2n) is 11.2. The van der Waals surface area contributed by atoms with E-state index in [1.807, 2.05) is 31.2 Å². The number of fused-ring (bicyclic) bond motifs is 5. The lowest BCUT2D eigenvalue weighted by Crippen LogP contribution is -2.51. The predicted octanol–water partition coefficient (Wildman–Crippen LogP) is 5.38. The van der Waals surface area contributed by atoms with Gasteiger partial charge in [0, 0.05) is 29.9 Å². The van der Waals surface area contributed by atoms with Crippen LogP contribution >= 0.6 is 0 Å². The molecule has 1 aromatic rings. The van der Waals surface area contributed by atoms with Gasteiger partial charge in [-0.3, -0.25) is 4.79 Å². The van der Waals surface area contributed by atoms with E-state index in [9.17, 15) is 9.90 Å². The minimum atomic E-state index is -0.960. The number of allylic oxidation sites excluding steroid dienone is 4. The van der Waals surface area contributed by atoms with Gasteiger partial charge in [-0.25, -0.2) is 0 Å². The van der Waals surface area contributed by atoms with E-state index >= 15 is 0 Å². The van der Waals surface area contributed by atoms with Crippen molar-refractivity contribution in [3.63, 3.8) is 0 Å². The first-order chi connectivity index (χ1) is 16.3. The molecule has 0 amide bonds. The first-order valence-electron chi connectivity index (χ1n) is 12.7. The van der Waals surface area contributed by atoms with E-state index in [1.54, 1.807) is 0 Å². The Labute approximate surface area is 200 Å². The number of hydrogen-bond acceptors (Lipinski definition) is 4. The van der Waals surface area contributed by atoms with Crippen molar-refractivity contribution in [2.45, 2.75) is 76.1 Å². The second kappa shape index (κ2) is 6.67. The number of aliphatic hydroxyl groups is 1. The maximum atomic E-state index is 12.2. The third-order valence-electron chi connectivity index (χ3n) is 9.57. The number of hydrogen-bond donors (Lipinski definition) is 1. The van der Waals surface area contributed by atoms with Gasteiger partial charge in [-0.15, -0.1) is 5.92 Å². The van der Waals surface area contributed by atoms with Crippen LogP contribution in [0.25, 0.3) is 0 Å². The molecule has 4 nitrogen and oxygen atoms in total. The van der Waals surface area contributed by atoms with Crippen LogP contribution in [0.4, 0.5) is 0 Å². The van der Waals surface area contributed by atoms with Crippen molar-refractivity contribution in [2.24, 2.45) is 17.3 Å². The molecule has 6 aliphatic rings. The van der Waals surface area contributed by atoms with Gasteiger partial charge < -0.3 is 14.6 Å². The number of carbonyl (C=O) groups excluding carboxylic acids is 1. The smallest absolute Gasteiger partial charge is 0.292 e. The highest BCUT2D eigenvalue weighted by Gasteiger charge is 2.62. The Bertz CT molecular complexity index is 1280. The van der Waals surface area contributed by atoms with Crippen molar-refractivity contribution in [3.05, 3.63) is 58.7 Å². The number of carbonyl (C=O) groups is 1. The third-order valence-corrected chi connectivity index (χ3v) is 9.57. The fourth-order valence-corrected chi connectivity index (χ4v) is 7.85. The summed E-state index contributed by atoms with van der Waals surface area (Å²) < 4.78 is 12.1. The lowest BCUT2D eigenvalue weighted by molar-refractivity contribution is -0.114. The molecule has 174 valence electrons. The second-order valence-corrected chi connectivity index (χ2v) is 11.2. The molecule has 1 N–H and O–H groups in total. The van der Waals surface area contributed by atoms with Gasteiger partial charge in [0.05, 0.1) is 0 Å². The normalized spacial score (nSPS) is 38.0. The van der Waals surface area contributed by atoms with Gasteiger partial charge in [-0.2, -0.15) is 0 Å². The summed E-state index contributed by atoms with van der Waals surface area (Å²) in [4.78, 5) is 12.2. The lowest BCUT2D eigenvalue weighted by atomic mass is 9.51. The van der Waals surface area contributed by atoms with Crippen LogP contribution in [-0.4, -0.2) is 22.3 Å². The molecule has 4 heteroatoms. The number of ether oxygens (including phenoxy) is 2. The number of rotatable bonds is 1. The third kappa shape index (κ3) is 2.68. The zero-order valence-electron chi connectivity index (χ0n) is 19.8. The summed E-state index contributed by atoms with van der Waals surface area (Å²) in [5.74, 6) is 8.42. The Morgan fingerprint density at radius 1 is 1.09 bits per heavy atom. The van der Waals surface area contributed by atoms with Crippen molar-refractivity contribution in [1.29, 1.82) is 0 Å². The molecule has 0 radical (unpaired) electrons. The van der Waals surface area contributed by atoms with Gasteiger partial charge in [-0.05, 0) is 92.2 Å². The summed E-state index contributed by atoms with van der Waals surface area (Å²) in [6.07, 6.45) is 11.8. The molecule has 1 spiro atoms. The molecule has 2 saturated carbocycles. The van der Waals surface area contributed by atoms with E-state index in [1.165, 1.54) is 22.3 Å². The average Bonchev–Trinajstić information content (AvgIpc) is 3.37. The van der Waals surface area contributed by atoms with Gasteiger partial charge in [-0.1, -0.05) is 24.5 Å². The van der Waals surface area contributed by atoms with Crippen molar-refractivity contribution in [2.75, 3.05) is 0 Å². The van der Waals surface area contributed by atoms with Crippen molar-refractivity contribution < 1.29 is 19.4 Å². The van der Waals surface area contributed by atoms with Crippen LogP contribution in [0.2, 0.25) is 0 Å². The van der Waals surface area contributed by atoms with E-state index in [-0.39, 0.29) is 17.1 Å². The van der Waals surface area contributed by atoms with Gasteiger partial charge in [0.25, 0.3) is 5.79 Å². The zero-order chi connectivity index (χ0) is 23.3. The minimum absolute atomic E-state index is 0.166. The van der Waals surface area contributed by atoms with Crippen LogP contribution in [0, 0.1) is 29.1 Å². The molecule has 0 saturated heterocycles. The van der Waals surface area contributed by atoms with Crippen LogP contribution in [0.5, 0.6) is 11.5 Å².